The van der Waals surface area contributed by atoms with Crippen molar-refractivity contribution in [1.82, 2.24) is 9.97 Å². The number of hydrogen-bond donors (Lipinski definition) is 2. The molecule has 98 valence electrons. The summed E-state index contributed by atoms with van der Waals surface area (Å²) in [5.74, 6) is 1.79. The van der Waals surface area contributed by atoms with Gasteiger partial charge in [-0.3, -0.25) is 4.79 Å². The number of amides is 1. The molecule has 2 rings (SSSR count). The van der Waals surface area contributed by atoms with Crippen LogP contribution in [0.25, 0.3) is 0 Å². The van der Waals surface area contributed by atoms with Crippen LogP contribution in [0.4, 0.5) is 11.8 Å². The van der Waals surface area contributed by atoms with Gasteiger partial charge in [0.05, 0.1) is 0 Å². The number of nitrogens with two attached hydrogens (primary N) is 1. The summed E-state index contributed by atoms with van der Waals surface area (Å²) in [6.45, 7) is 1.83. The summed E-state index contributed by atoms with van der Waals surface area (Å²) >= 11 is 0. The zero-order valence-electron chi connectivity index (χ0n) is 10.6. The van der Waals surface area contributed by atoms with Gasteiger partial charge in [0.1, 0.15) is 5.82 Å². The van der Waals surface area contributed by atoms with Gasteiger partial charge in [0, 0.05) is 32.8 Å². The Balaban J connectivity index is 1.94. The fourth-order valence-corrected chi connectivity index (χ4v) is 2.30. The van der Waals surface area contributed by atoms with E-state index in [9.17, 15) is 4.79 Å². The maximum atomic E-state index is 10.9. The Bertz CT molecular complexity index is 415. The predicted octanol–water partition coefficient (Wildman–Crippen LogP) is 0.610. The molecular formula is C12H19N5O. The van der Waals surface area contributed by atoms with E-state index in [1.807, 2.05) is 6.07 Å². The summed E-state index contributed by atoms with van der Waals surface area (Å²) in [5, 5.41) is 2.93. The van der Waals surface area contributed by atoms with Crippen LogP contribution < -0.4 is 16.0 Å². The van der Waals surface area contributed by atoms with Crippen LogP contribution in [0.1, 0.15) is 19.3 Å². The van der Waals surface area contributed by atoms with Gasteiger partial charge in [-0.05, 0) is 24.8 Å². The normalized spacial score (nSPS) is 16.6. The number of primary amides is 1. The van der Waals surface area contributed by atoms with Gasteiger partial charge in [-0.2, -0.15) is 4.98 Å². The first-order valence-electron chi connectivity index (χ1n) is 6.23. The molecule has 1 saturated heterocycles. The fourth-order valence-electron chi connectivity index (χ4n) is 2.30. The first-order valence-corrected chi connectivity index (χ1v) is 6.23. The molecule has 0 saturated carbocycles. The summed E-state index contributed by atoms with van der Waals surface area (Å²) < 4.78 is 0. The molecular weight excluding hydrogens is 230 g/mol. The maximum Gasteiger partial charge on any atom is 0.224 e. The van der Waals surface area contributed by atoms with Gasteiger partial charge in [0.15, 0.2) is 0 Å². The number of nitrogens with zero attached hydrogens (tertiary/aromatic N) is 3. The molecule has 6 heteroatoms. The van der Waals surface area contributed by atoms with E-state index in [4.69, 9.17) is 5.73 Å². The number of nitrogens with one attached hydrogen (secondary N) is 1. The van der Waals surface area contributed by atoms with Crippen molar-refractivity contribution in [2.75, 3.05) is 30.4 Å². The molecule has 0 bridgehead atoms. The van der Waals surface area contributed by atoms with Crippen molar-refractivity contribution < 1.29 is 4.79 Å². The molecule has 1 amide bonds. The van der Waals surface area contributed by atoms with Crippen molar-refractivity contribution in [2.24, 2.45) is 11.7 Å². The average molecular weight is 249 g/mol. The lowest BCUT2D eigenvalue weighted by molar-refractivity contribution is -0.119. The van der Waals surface area contributed by atoms with Gasteiger partial charge in [0.2, 0.25) is 11.9 Å². The van der Waals surface area contributed by atoms with E-state index >= 15 is 0 Å². The van der Waals surface area contributed by atoms with E-state index in [-0.39, 0.29) is 5.91 Å². The highest BCUT2D eigenvalue weighted by molar-refractivity contribution is 5.74. The zero-order valence-corrected chi connectivity index (χ0v) is 10.6. The van der Waals surface area contributed by atoms with Crippen LogP contribution in [-0.4, -0.2) is 36.0 Å². The van der Waals surface area contributed by atoms with E-state index in [1.165, 1.54) is 0 Å². The number of anilines is 2. The Morgan fingerprint density at radius 3 is 2.89 bits per heavy atom. The van der Waals surface area contributed by atoms with Crippen molar-refractivity contribution in [3.63, 3.8) is 0 Å². The minimum atomic E-state index is -0.201. The summed E-state index contributed by atoms with van der Waals surface area (Å²) in [4.78, 5) is 21.6. The topological polar surface area (TPSA) is 84.1 Å². The summed E-state index contributed by atoms with van der Waals surface area (Å²) in [6.07, 6.45) is 4.23. The first kappa shape index (κ1) is 12.6. The van der Waals surface area contributed by atoms with E-state index in [2.05, 4.69) is 20.2 Å². The maximum absolute atomic E-state index is 10.9. The molecule has 6 nitrogen and oxygen atoms in total. The second-order valence-electron chi connectivity index (χ2n) is 4.59. The lowest BCUT2D eigenvalue weighted by atomic mass is 9.93. The molecule has 0 spiro atoms. The van der Waals surface area contributed by atoms with Crippen molar-refractivity contribution in [3.8, 4) is 0 Å². The van der Waals surface area contributed by atoms with Crippen molar-refractivity contribution in [3.05, 3.63) is 12.3 Å². The number of carbonyl (C=O) groups excluding carboxylic acids is 1. The van der Waals surface area contributed by atoms with Gasteiger partial charge in [-0.1, -0.05) is 0 Å². The Kier molecular flexibility index (Phi) is 3.96. The SMILES string of the molecule is CNc1nccc(N2CCC(CC(N)=O)CC2)n1. The van der Waals surface area contributed by atoms with Crippen LogP contribution >= 0.6 is 0 Å². The number of piperidine rings is 1. The highest BCUT2D eigenvalue weighted by Crippen LogP contribution is 2.23. The molecule has 2 heterocycles. The molecule has 1 aliphatic rings. The predicted molar refractivity (Wildman–Crippen MR) is 70.3 cm³/mol. The van der Waals surface area contributed by atoms with Crippen LogP contribution in [0.15, 0.2) is 12.3 Å². The Labute approximate surface area is 107 Å². The second kappa shape index (κ2) is 5.66. The van der Waals surface area contributed by atoms with Gasteiger partial charge < -0.3 is 16.0 Å². The molecule has 1 aromatic heterocycles. The third-order valence-electron chi connectivity index (χ3n) is 3.29. The Hall–Kier alpha value is -1.85. The van der Waals surface area contributed by atoms with E-state index < -0.39 is 0 Å². The zero-order chi connectivity index (χ0) is 13.0. The molecule has 0 atom stereocenters. The van der Waals surface area contributed by atoms with E-state index in [0.717, 1.165) is 31.7 Å². The fraction of sp³-hybridized carbons (Fsp3) is 0.583. The van der Waals surface area contributed by atoms with Crippen molar-refractivity contribution >= 4 is 17.7 Å². The summed E-state index contributed by atoms with van der Waals surface area (Å²) in [6, 6.07) is 1.91. The monoisotopic (exact) mass is 249 g/mol. The minimum absolute atomic E-state index is 0.201. The lowest BCUT2D eigenvalue weighted by Crippen LogP contribution is -2.35. The van der Waals surface area contributed by atoms with Crippen molar-refractivity contribution in [1.29, 1.82) is 0 Å². The standard InChI is InChI=1S/C12H19N5O/c1-14-12-15-5-2-11(16-12)17-6-3-9(4-7-17)8-10(13)18/h2,5,9H,3-4,6-8H2,1H3,(H2,13,18)(H,14,15,16). The van der Waals surface area contributed by atoms with Crippen LogP contribution in [0, 0.1) is 5.92 Å². The molecule has 1 aliphatic heterocycles. The molecule has 3 N–H and O–H groups in total. The number of rotatable bonds is 4. The van der Waals surface area contributed by atoms with Crippen LogP contribution in [0.2, 0.25) is 0 Å². The molecule has 1 fully saturated rings. The van der Waals surface area contributed by atoms with Gasteiger partial charge in [0.25, 0.3) is 0 Å². The second-order valence-corrected chi connectivity index (χ2v) is 4.59. The smallest absolute Gasteiger partial charge is 0.224 e. The van der Waals surface area contributed by atoms with Crippen LogP contribution in [0.3, 0.4) is 0 Å². The highest BCUT2D eigenvalue weighted by Gasteiger charge is 2.21. The summed E-state index contributed by atoms with van der Waals surface area (Å²) in [5.41, 5.74) is 5.23. The summed E-state index contributed by atoms with van der Waals surface area (Å²) in [7, 11) is 1.80. The third kappa shape index (κ3) is 3.09. The third-order valence-corrected chi connectivity index (χ3v) is 3.29. The largest absolute Gasteiger partial charge is 0.370 e. The molecule has 1 aromatic rings. The Morgan fingerprint density at radius 1 is 1.56 bits per heavy atom. The quantitative estimate of drug-likeness (QED) is 0.816. The number of aromatic nitrogens is 2. The van der Waals surface area contributed by atoms with E-state index in [0.29, 0.717) is 18.3 Å². The lowest BCUT2D eigenvalue weighted by Gasteiger charge is -2.32. The number of carbonyl (C=O) groups is 1. The highest BCUT2D eigenvalue weighted by atomic mass is 16.1. The van der Waals surface area contributed by atoms with Gasteiger partial charge in [-0.15, -0.1) is 0 Å². The molecule has 0 unspecified atom stereocenters. The van der Waals surface area contributed by atoms with Crippen molar-refractivity contribution in [2.45, 2.75) is 19.3 Å². The average Bonchev–Trinajstić information content (AvgIpc) is 2.39. The first-order chi connectivity index (χ1) is 8.69. The molecule has 0 aliphatic carbocycles. The number of hydrogen-bond acceptors (Lipinski definition) is 5. The minimum Gasteiger partial charge on any atom is -0.370 e. The Morgan fingerprint density at radius 2 is 2.28 bits per heavy atom. The molecule has 18 heavy (non-hydrogen) atoms. The van der Waals surface area contributed by atoms with Gasteiger partial charge in [-0.25, -0.2) is 4.98 Å². The van der Waals surface area contributed by atoms with E-state index in [1.54, 1.807) is 13.2 Å². The van der Waals surface area contributed by atoms with Gasteiger partial charge >= 0.3 is 0 Å². The molecule has 0 radical (unpaired) electrons. The van der Waals surface area contributed by atoms with Crippen LogP contribution in [-0.2, 0) is 4.79 Å². The van der Waals surface area contributed by atoms with Crippen LogP contribution in [0.5, 0.6) is 0 Å². The molecule has 0 aromatic carbocycles.